The first-order valence-electron chi connectivity index (χ1n) is 12.0. The first kappa shape index (κ1) is 23.9. The number of aromatic nitrogens is 2. The minimum Gasteiger partial charge on any atom is -0.472 e. The minimum atomic E-state index is -0.319. The standard InChI is InChI=1S/C25H29ClN4O4S/c1-16-22(20-6-5-12-29(17(20)2)25(32)28-10-3-4-11-28)27-30(23(31)18-9-13-33-14-18)24(16)34-15-19-7-8-21(26)35-19/h7-9,13-14,17,20H,3-6,10-12,15H2,1-2H3. The van der Waals surface area contributed by atoms with Crippen molar-refractivity contribution in [3.8, 4) is 5.88 Å². The predicted octanol–water partition coefficient (Wildman–Crippen LogP) is 5.55. The average Bonchev–Trinajstić information content (AvgIpc) is 3.65. The maximum absolute atomic E-state index is 13.3. The molecule has 0 saturated carbocycles. The Balaban J connectivity index is 1.45. The molecule has 2 fully saturated rings. The van der Waals surface area contributed by atoms with Crippen LogP contribution >= 0.6 is 22.9 Å². The van der Waals surface area contributed by atoms with Gasteiger partial charge < -0.3 is 19.0 Å². The number of halogens is 1. The van der Waals surface area contributed by atoms with Crippen LogP contribution in [-0.4, -0.2) is 57.2 Å². The van der Waals surface area contributed by atoms with Crippen LogP contribution < -0.4 is 4.74 Å². The van der Waals surface area contributed by atoms with E-state index >= 15 is 0 Å². The second kappa shape index (κ2) is 10.1. The molecule has 2 aliphatic rings. The van der Waals surface area contributed by atoms with E-state index in [4.69, 9.17) is 25.9 Å². The molecule has 186 valence electrons. The third kappa shape index (κ3) is 4.71. The molecule has 0 radical (unpaired) electrons. The van der Waals surface area contributed by atoms with Crippen molar-refractivity contribution in [1.82, 2.24) is 19.6 Å². The zero-order chi connectivity index (χ0) is 24.5. The first-order chi connectivity index (χ1) is 16.9. The molecule has 2 saturated heterocycles. The van der Waals surface area contributed by atoms with Gasteiger partial charge in [0, 0.05) is 42.0 Å². The molecule has 5 heterocycles. The Morgan fingerprint density at radius 3 is 2.69 bits per heavy atom. The number of carbonyl (C=O) groups is 2. The summed E-state index contributed by atoms with van der Waals surface area (Å²) in [7, 11) is 0. The van der Waals surface area contributed by atoms with Crippen LogP contribution in [0.25, 0.3) is 0 Å². The number of hydrogen-bond acceptors (Lipinski definition) is 6. The van der Waals surface area contributed by atoms with Crippen LogP contribution in [0.5, 0.6) is 5.88 Å². The molecule has 0 spiro atoms. The maximum atomic E-state index is 13.3. The summed E-state index contributed by atoms with van der Waals surface area (Å²) in [5.41, 5.74) is 2.01. The fourth-order valence-electron chi connectivity index (χ4n) is 5.10. The molecule has 3 aromatic heterocycles. The molecule has 0 aromatic carbocycles. The van der Waals surface area contributed by atoms with Gasteiger partial charge in [0.25, 0.3) is 5.91 Å². The van der Waals surface area contributed by atoms with Gasteiger partial charge >= 0.3 is 6.03 Å². The number of furan rings is 1. The van der Waals surface area contributed by atoms with Crippen LogP contribution in [-0.2, 0) is 6.61 Å². The van der Waals surface area contributed by atoms with Gasteiger partial charge in [-0.15, -0.1) is 11.3 Å². The second-order valence-corrected chi connectivity index (χ2v) is 11.0. The van der Waals surface area contributed by atoms with Crippen LogP contribution in [0.1, 0.15) is 65.0 Å². The molecule has 8 nitrogen and oxygen atoms in total. The Labute approximate surface area is 213 Å². The monoisotopic (exact) mass is 516 g/mol. The highest BCUT2D eigenvalue weighted by atomic mass is 35.5. The Kier molecular flexibility index (Phi) is 6.88. The van der Waals surface area contributed by atoms with E-state index in [-0.39, 0.29) is 30.5 Å². The van der Waals surface area contributed by atoms with Gasteiger partial charge in [-0.2, -0.15) is 9.78 Å². The first-order valence-corrected chi connectivity index (χ1v) is 13.2. The van der Waals surface area contributed by atoms with E-state index in [0.717, 1.165) is 61.5 Å². The van der Waals surface area contributed by atoms with Crippen LogP contribution in [0.3, 0.4) is 0 Å². The van der Waals surface area contributed by atoms with E-state index in [2.05, 4.69) is 6.92 Å². The SMILES string of the molecule is Cc1c(C2CCCN(C(=O)N3CCCC3)C2C)nn(C(=O)c2ccoc2)c1OCc1ccc(Cl)s1. The molecule has 0 bridgehead atoms. The number of urea groups is 1. The van der Waals surface area contributed by atoms with Gasteiger partial charge in [0.05, 0.1) is 21.9 Å². The van der Waals surface area contributed by atoms with Crippen molar-refractivity contribution in [1.29, 1.82) is 0 Å². The van der Waals surface area contributed by atoms with Crippen LogP contribution in [0.4, 0.5) is 4.79 Å². The van der Waals surface area contributed by atoms with Crippen molar-refractivity contribution in [3.05, 3.63) is 56.8 Å². The fraction of sp³-hybridized carbons (Fsp3) is 0.480. The highest BCUT2D eigenvalue weighted by molar-refractivity contribution is 7.16. The molecular weight excluding hydrogens is 488 g/mol. The summed E-state index contributed by atoms with van der Waals surface area (Å²) < 4.78 is 13.3. The number of amides is 2. The summed E-state index contributed by atoms with van der Waals surface area (Å²) in [6, 6.07) is 5.42. The molecule has 35 heavy (non-hydrogen) atoms. The van der Waals surface area contributed by atoms with Gasteiger partial charge in [-0.25, -0.2) is 4.79 Å². The van der Waals surface area contributed by atoms with Gasteiger partial charge in [-0.05, 0) is 57.7 Å². The smallest absolute Gasteiger partial charge is 0.320 e. The maximum Gasteiger partial charge on any atom is 0.320 e. The summed E-state index contributed by atoms with van der Waals surface area (Å²) in [6.07, 6.45) is 6.77. The number of carbonyl (C=O) groups excluding carboxylic acids is 2. The molecule has 0 N–H and O–H groups in total. The van der Waals surface area contributed by atoms with Gasteiger partial charge in [0.1, 0.15) is 12.9 Å². The normalized spacial score (nSPS) is 20.4. The minimum absolute atomic E-state index is 0.00670. The van der Waals surface area contributed by atoms with Gasteiger partial charge in [-0.3, -0.25) is 4.79 Å². The van der Waals surface area contributed by atoms with Crippen molar-refractivity contribution in [2.45, 2.75) is 58.1 Å². The van der Waals surface area contributed by atoms with Crippen LogP contribution in [0, 0.1) is 6.92 Å². The lowest BCUT2D eigenvalue weighted by molar-refractivity contribution is 0.0924. The van der Waals surface area contributed by atoms with Crippen LogP contribution in [0.15, 0.2) is 35.1 Å². The zero-order valence-electron chi connectivity index (χ0n) is 19.9. The zero-order valence-corrected chi connectivity index (χ0v) is 21.5. The van der Waals surface area contributed by atoms with Crippen molar-refractivity contribution >= 4 is 34.9 Å². The molecule has 2 aliphatic heterocycles. The van der Waals surface area contributed by atoms with E-state index < -0.39 is 0 Å². The van der Waals surface area contributed by atoms with E-state index in [1.54, 1.807) is 6.07 Å². The lowest BCUT2D eigenvalue weighted by Gasteiger charge is -2.40. The van der Waals surface area contributed by atoms with Crippen LogP contribution in [0.2, 0.25) is 4.34 Å². The molecule has 2 atom stereocenters. The fourth-order valence-corrected chi connectivity index (χ4v) is 6.10. The molecular formula is C25H29ClN4O4S. The highest BCUT2D eigenvalue weighted by Crippen LogP contribution is 2.38. The molecule has 10 heteroatoms. The number of likely N-dealkylation sites (tertiary alicyclic amines) is 2. The van der Waals surface area contributed by atoms with E-state index in [1.807, 2.05) is 28.9 Å². The van der Waals surface area contributed by atoms with E-state index in [9.17, 15) is 9.59 Å². The van der Waals surface area contributed by atoms with Crippen molar-refractivity contribution in [3.63, 3.8) is 0 Å². The summed E-state index contributed by atoms with van der Waals surface area (Å²) in [6.45, 7) is 6.69. The Hall–Kier alpha value is -2.78. The van der Waals surface area contributed by atoms with E-state index in [0.29, 0.717) is 15.8 Å². The Morgan fingerprint density at radius 2 is 2.00 bits per heavy atom. The molecule has 2 amide bonds. The lowest BCUT2D eigenvalue weighted by Crippen LogP contribution is -2.51. The highest BCUT2D eigenvalue weighted by Gasteiger charge is 2.38. The Morgan fingerprint density at radius 1 is 1.20 bits per heavy atom. The molecule has 5 rings (SSSR count). The number of piperidine rings is 1. The third-order valence-electron chi connectivity index (χ3n) is 7.01. The van der Waals surface area contributed by atoms with E-state index in [1.165, 1.54) is 28.5 Å². The molecule has 3 aromatic rings. The van der Waals surface area contributed by atoms with Gasteiger partial charge in [0.2, 0.25) is 5.88 Å². The lowest BCUT2D eigenvalue weighted by atomic mass is 9.86. The summed E-state index contributed by atoms with van der Waals surface area (Å²) in [5.74, 6) is 0.0962. The number of thiophene rings is 1. The average molecular weight is 517 g/mol. The van der Waals surface area contributed by atoms with Gasteiger partial charge in [0.15, 0.2) is 0 Å². The number of nitrogens with zero attached hydrogens (tertiary/aromatic N) is 4. The topological polar surface area (TPSA) is 80.8 Å². The second-order valence-electron chi connectivity index (χ2n) is 9.20. The Bertz CT molecular complexity index is 1200. The summed E-state index contributed by atoms with van der Waals surface area (Å²) in [5, 5.41) is 4.77. The summed E-state index contributed by atoms with van der Waals surface area (Å²) >= 11 is 7.51. The van der Waals surface area contributed by atoms with Crippen molar-refractivity contribution < 1.29 is 18.7 Å². The molecule has 0 aliphatic carbocycles. The third-order valence-corrected chi connectivity index (χ3v) is 8.21. The quantitative estimate of drug-likeness (QED) is 0.444. The number of rotatable bonds is 5. The number of ether oxygens (including phenoxy) is 1. The number of hydrogen-bond donors (Lipinski definition) is 0. The predicted molar refractivity (Wildman–Crippen MR) is 133 cm³/mol. The van der Waals surface area contributed by atoms with Crippen molar-refractivity contribution in [2.24, 2.45) is 0 Å². The molecule has 2 unspecified atom stereocenters. The van der Waals surface area contributed by atoms with Crippen molar-refractivity contribution in [2.75, 3.05) is 19.6 Å². The summed E-state index contributed by atoms with van der Waals surface area (Å²) in [4.78, 5) is 31.4. The van der Waals surface area contributed by atoms with Gasteiger partial charge in [-0.1, -0.05) is 11.6 Å². The largest absolute Gasteiger partial charge is 0.472 e.